The summed E-state index contributed by atoms with van der Waals surface area (Å²) in [6.07, 6.45) is 6.19. The van der Waals surface area contributed by atoms with Gasteiger partial charge in [-0.2, -0.15) is 10.2 Å². The summed E-state index contributed by atoms with van der Waals surface area (Å²) in [7, 11) is 0. The molecule has 4 rings (SSSR count). The number of anilines is 1. The molecule has 0 bridgehead atoms. The Morgan fingerprint density at radius 3 is 2.60 bits per heavy atom. The lowest BCUT2D eigenvalue weighted by atomic mass is 9.87. The Morgan fingerprint density at radius 1 is 1.20 bits per heavy atom. The van der Waals surface area contributed by atoms with Gasteiger partial charge in [0.1, 0.15) is 5.56 Å². The molecule has 1 aliphatic carbocycles. The summed E-state index contributed by atoms with van der Waals surface area (Å²) in [4.78, 5) is 28.0. The molecule has 0 unspecified atom stereocenters. The van der Waals surface area contributed by atoms with Crippen LogP contribution in [-0.4, -0.2) is 36.2 Å². The highest BCUT2D eigenvalue weighted by Gasteiger charge is 2.26. The number of rotatable bonds is 5. The fraction of sp³-hybridized carbons (Fsp3) is 0.421. The minimum atomic E-state index is -2.83. The van der Waals surface area contributed by atoms with Crippen molar-refractivity contribution in [3.8, 4) is 0 Å². The highest BCUT2D eigenvalue weighted by atomic mass is 19.3. The lowest BCUT2D eigenvalue weighted by molar-refractivity contribution is 0.0997. The first kappa shape index (κ1) is 19.9. The Labute approximate surface area is 170 Å². The number of halogens is 2. The van der Waals surface area contributed by atoms with Crippen molar-refractivity contribution in [1.29, 1.82) is 0 Å². The van der Waals surface area contributed by atoms with Crippen LogP contribution in [0.1, 0.15) is 71.5 Å². The molecule has 0 radical (unpaired) electrons. The summed E-state index contributed by atoms with van der Waals surface area (Å²) in [6.45, 7) is 2.17. The Hall–Kier alpha value is -3.37. The number of carbonyl (C=O) groups excluding carboxylic acids is 2. The predicted molar refractivity (Wildman–Crippen MR) is 103 cm³/mol. The van der Waals surface area contributed by atoms with Crippen LogP contribution in [0.4, 0.5) is 14.5 Å². The van der Waals surface area contributed by atoms with E-state index in [4.69, 9.17) is 5.73 Å². The summed E-state index contributed by atoms with van der Waals surface area (Å²) in [5, 5.41) is 10.5. The van der Waals surface area contributed by atoms with E-state index in [-0.39, 0.29) is 28.5 Å². The molecule has 0 aliphatic heterocycles. The first-order valence-electron chi connectivity index (χ1n) is 9.65. The van der Waals surface area contributed by atoms with Crippen molar-refractivity contribution in [2.45, 2.75) is 45.1 Å². The standard InChI is InChI=1S/C19H21F2N7O2/c1-10-2-4-12(5-3-10)27-9-14(15(26-27)16(20)21)25-19(30)13-7-24-28-8-11(17(22)29)6-23-18(13)28/h6-10,12,16H,2-5H2,1H3,(H2,22,29)(H,25,30). The van der Waals surface area contributed by atoms with Gasteiger partial charge in [0.25, 0.3) is 18.2 Å². The summed E-state index contributed by atoms with van der Waals surface area (Å²) in [6, 6.07) is 0.0372. The molecule has 9 nitrogen and oxygen atoms in total. The molecule has 3 aromatic rings. The zero-order valence-electron chi connectivity index (χ0n) is 16.3. The van der Waals surface area contributed by atoms with Gasteiger partial charge < -0.3 is 11.1 Å². The molecule has 30 heavy (non-hydrogen) atoms. The minimum Gasteiger partial charge on any atom is -0.366 e. The summed E-state index contributed by atoms with van der Waals surface area (Å²) in [5.41, 5.74) is 5.07. The van der Waals surface area contributed by atoms with E-state index in [0.717, 1.165) is 25.7 Å². The quantitative estimate of drug-likeness (QED) is 0.661. The zero-order chi connectivity index (χ0) is 21.4. The maximum absolute atomic E-state index is 13.5. The number of nitrogens with zero attached hydrogens (tertiary/aromatic N) is 5. The van der Waals surface area contributed by atoms with Crippen LogP contribution in [0.25, 0.3) is 5.65 Å². The van der Waals surface area contributed by atoms with Crippen LogP contribution in [-0.2, 0) is 0 Å². The van der Waals surface area contributed by atoms with E-state index in [2.05, 4.69) is 27.4 Å². The Kier molecular flexibility index (Phi) is 5.18. The van der Waals surface area contributed by atoms with Gasteiger partial charge in [-0.3, -0.25) is 14.3 Å². The van der Waals surface area contributed by atoms with Crippen molar-refractivity contribution in [3.05, 3.63) is 41.6 Å². The van der Waals surface area contributed by atoms with Crippen LogP contribution >= 0.6 is 0 Å². The molecule has 1 saturated carbocycles. The fourth-order valence-electron chi connectivity index (χ4n) is 3.71. The van der Waals surface area contributed by atoms with Crippen molar-refractivity contribution in [2.24, 2.45) is 11.7 Å². The number of aromatic nitrogens is 5. The largest absolute Gasteiger partial charge is 0.366 e. The van der Waals surface area contributed by atoms with Crippen molar-refractivity contribution in [3.63, 3.8) is 0 Å². The van der Waals surface area contributed by atoms with E-state index < -0.39 is 23.9 Å². The maximum Gasteiger partial charge on any atom is 0.284 e. The second kappa shape index (κ2) is 7.81. The molecule has 3 aromatic heterocycles. The fourth-order valence-corrected chi connectivity index (χ4v) is 3.71. The number of amides is 2. The molecule has 158 valence electrons. The maximum atomic E-state index is 13.5. The Morgan fingerprint density at radius 2 is 1.93 bits per heavy atom. The lowest BCUT2D eigenvalue weighted by Gasteiger charge is -2.26. The molecule has 2 amide bonds. The van der Waals surface area contributed by atoms with E-state index in [0.29, 0.717) is 5.92 Å². The van der Waals surface area contributed by atoms with Crippen LogP contribution in [0.15, 0.2) is 24.8 Å². The number of hydrogen-bond acceptors (Lipinski definition) is 5. The SMILES string of the molecule is CC1CCC(n2cc(NC(=O)c3cnn4cc(C(N)=O)cnc34)c(C(F)F)n2)CC1. The monoisotopic (exact) mass is 417 g/mol. The van der Waals surface area contributed by atoms with Gasteiger partial charge in [0.2, 0.25) is 0 Å². The second-order valence-electron chi connectivity index (χ2n) is 7.61. The molecule has 11 heteroatoms. The van der Waals surface area contributed by atoms with Crippen LogP contribution in [0.2, 0.25) is 0 Å². The van der Waals surface area contributed by atoms with Crippen LogP contribution < -0.4 is 11.1 Å². The lowest BCUT2D eigenvalue weighted by Crippen LogP contribution is -2.17. The Bertz CT molecular complexity index is 1100. The third kappa shape index (κ3) is 3.74. The van der Waals surface area contributed by atoms with Crippen molar-refractivity contribution in [1.82, 2.24) is 24.4 Å². The number of nitrogens with one attached hydrogen (secondary N) is 1. The van der Waals surface area contributed by atoms with E-state index in [1.807, 2.05) is 0 Å². The van der Waals surface area contributed by atoms with Gasteiger partial charge in [0.05, 0.1) is 23.5 Å². The average Bonchev–Trinajstić information content (AvgIpc) is 3.32. The van der Waals surface area contributed by atoms with E-state index in [1.165, 1.54) is 34.0 Å². The number of nitrogens with two attached hydrogens (primary N) is 1. The molecular formula is C19H21F2N7O2. The van der Waals surface area contributed by atoms with Crippen molar-refractivity contribution in [2.75, 3.05) is 5.32 Å². The third-order valence-electron chi connectivity index (χ3n) is 5.46. The average molecular weight is 417 g/mol. The van der Waals surface area contributed by atoms with Gasteiger partial charge in [-0.1, -0.05) is 6.92 Å². The highest BCUT2D eigenvalue weighted by molar-refractivity contribution is 6.08. The second-order valence-corrected chi connectivity index (χ2v) is 7.61. The molecule has 1 aliphatic rings. The number of primary amides is 1. The van der Waals surface area contributed by atoms with Gasteiger partial charge in [-0.05, 0) is 31.6 Å². The molecular weight excluding hydrogens is 396 g/mol. The van der Waals surface area contributed by atoms with Gasteiger partial charge in [-0.25, -0.2) is 18.3 Å². The van der Waals surface area contributed by atoms with Crippen LogP contribution in [0, 0.1) is 5.92 Å². The number of alkyl halides is 2. The molecule has 3 N–H and O–H groups in total. The molecule has 0 atom stereocenters. The van der Waals surface area contributed by atoms with E-state index >= 15 is 0 Å². The minimum absolute atomic E-state index is 0.0372. The topological polar surface area (TPSA) is 120 Å². The van der Waals surface area contributed by atoms with Crippen molar-refractivity contribution >= 4 is 23.1 Å². The predicted octanol–water partition coefficient (Wildman–Crippen LogP) is 2.97. The van der Waals surface area contributed by atoms with Crippen molar-refractivity contribution < 1.29 is 18.4 Å². The summed E-state index contributed by atoms with van der Waals surface area (Å²) < 4.78 is 29.8. The number of hydrogen-bond donors (Lipinski definition) is 2. The third-order valence-corrected chi connectivity index (χ3v) is 5.46. The van der Waals surface area contributed by atoms with Gasteiger partial charge in [-0.15, -0.1) is 0 Å². The first-order chi connectivity index (χ1) is 14.3. The van der Waals surface area contributed by atoms with Gasteiger partial charge >= 0.3 is 0 Å². The molecule has 0 spiro atoms. The zero-order valence-corrected chi connectivity index (χ0v) is 16.3. The van der Waals surface area contributed by atoms with Gasteiger partial charge in [0.15, 0.2) is 11.3 Å². The summed E-state index contributed by atoms with van der Waals surface area (Å²) >= 11 is 0. The normalized spacial score (nSPS) is 19.3. The number of fused-ring (bicyclic) bond motifs is 1. The summed E-state index contributed by atoms with van der Waals surface area (Å²) in [5.74, 6) is -0.719. The Balaban J connectivity index is 1.60. The van der Waals surface area contributed by atoms with Crippen LogP contribution in [0.5, 0.6) is 0 Å². The van der Waals surface area contributed by atoms with Gasteiger partial charge in [0, 0.05) is 18.6 Å². The number of carbonyl (C=O) groups is 2. The first-order valence-corrected chi connectivity index (χ1v) is 9.65. The highest BCUT2D eigenvalue weighted by Crippen LogP contribution is 2.34. The van der Waals surface area contributed by atoms with E-state index in [1.54, 1.807) is 0 Å². The molecule has 0 aromatic carbocycles. The molecule has 1 fully saturated rings. The van der Waals surface area contributed by atoms with Crippen LogP contribution in [0.3, 0.4) is 0 Å². The molecule has 0 saturated heterocycles. The smallest absolute Gasteiger partial charge is 0.284 e. The molecule has 3 heterocycles. The van der Waals surface area contributed by atoms with E-state index in [9.17, 15) is 18.4 Å².